The van der Waals surface area contributed by atoms with Crippen molar-refractivity contribution in [1.29, 1.82) is 0 Å². The Kier molecular flexibility index (Phi) is 5.63. The van der Waals surface area contributed by atoms with Crippen molar-refractivity contribution in [3.05, 3.63) is 57.3 Å². The maximum absolute atomic E-state index is 12.7. The zero-order chi connectivity index (χ0) is 18.0. The van der Waals surface area contributed by atoms with Gasteiger partial charge in [0.25, 0.3) is 0 Å². The number of nitrogens with zero attached hydrogens (tertiary/aromatic N) is 2. The number of thioether (sulfide) groups is 1. The Morgan fingerprint density at radius 2 is 2.20 bits per heavy atom. The van der Waals surface area contributed by atoms with Gasteiger partial charge in [-0.15, -0.1) is 0 Å². The van der Waals surface area contributed by atoms with Gasteiger partial charge in [0.1, 0.15) is 6.61 Å². The predicted molar refractivity (Wildman–Crippen MR) is 107 cm³/mol. The summed E-state index contributed by atoms with van der Waals surface area (Å²) in [6, 6.07) is 7.30. The van der Waals surface area contributed by atoms with E-state index in [1.165, 1.54) is 17.8 Å². The first-order valence-electron chi connectivity index (χ1n) is 7.80. The van der Waals surface area contributed by atoms with Gasteiger partial charge in [-0.2, -0.15) is 0 Å². The molecule has 1 saturated heterocycles. The number of carbonyl (C=O) groups is 2. The van der Waals surface area contributed by atoms with Crippen molar-refractivity contribution in [1.82, 2.24) is 4.90 Å². The fraction of sp³-hybridized carbons (Fsp3) is 0.278. The topological polar surface area (TPSA) is 59.0 Å². The molecule has 5 nitrogen and oxygen atoms in total. The summed E-state index contributed by atoms with van der Waals surface area (Å²) in [4.78, 5) is 31.4. The highest BCUT2D eigenvalue weighted by Gasteiger charge is 2.41. The van der Waals surface area contributed by atoms with Crippen LogP contribution in [0.2, 0.25) is 0 Å². The van der Waals surface area contributed by atoms with Crippen LogP contribution in [0.3, 0.4) is 0 Å². The SMILES string of the molecule is C=CCOC(=O)C1=C(C)N=C2SCCC(=O)N2C1c1ccc(I)cc1. The molecule has 3 rings (SSSR count). The number of rotatable bonds is 4. The van der Waals surface area contributed by atoms with Gasteiger partial charge in [0.2, 0.25) is 5.91 Å². The predicted octanol–water partition coefficient (Wildman–Crippen LogP) is 3.67. The van der Waals surface area contributed by atoms with Crippen LogP contribution < -0.4 is 0 Å². The minimum absolute atomic E-state index is 0.0254. The van der Waals surface area contributed by atoms with Crippen LogP contribution in [-0.4, -0.2) is 34.3 Å². The Bertz CT molecular complexity index is 786. The number of ether oxygens (including phenoxy) is 1. The number of amidine groups is 1. The third kappa shape index (κ3) is 3.67. The molecule has 2 aliphatic heterocycles. The molecule has 2 aliphatic rings. The molecule has 1 unspecified atom stereocenters. The molecule has 1 fully saturated rings. The summed E-state index contributed by atoms with van der Waals surface area (Å²) in [7, 11) is 0. The highest BCUT2D eigenvalue weighted by molar-refractivity contribution is 14.1. The number of fused-ring (bicyclic) bond motifs is 1. The van der Waals surface area contributed by atoms with Crippen LogP contribution in [0.1, 0.15) is 24.9 Å². The van der Waals surface area contributed by atoms with E-state index in [2.05, 4.69) is 34.2 Å². The number of halogens is 1. The van der Waals surface area contributed by atoms with E-state index in [9.17, 15) is 9.59 Å². The van der Waals surface area contributed by atoms with Crippen molar-refractivity contribution < 1.29 is 14.3 Å². The number of hydrogen-bond donors (Lipinski definition) is 0. The zero-order valence-electron chi connectivity index (χ0n) is 13.7. The maximum Gasteiger partial charge on any atom is 0.338 e. The van der Waals surface area contributed by atoms with E-state index < -0.39 is 12.0 Å². The van der Waals surface area contributed by atoms with Crippen molar-refractivity contribution in [2.24, 2.45) is 4.99 Å². The number of carbonyl (C=O) groups excluding carboxylic acids is 2. The lowest BCUT2D eigenvalue weighted by atomic mass is 9.94. The van der Waals surface area contributed by atoms with Gasteiger partial charge >= 0.3 is 5.97 Å². The van der Waals surface area contributed by atoms with Gasteiger partial charge in [0.05, 0.1) is 17.3 Å². The summed E-state index contributed by atoms with van der Waals surface area (Å²) in [5.41, 5.74) is 1.86. The molecule has 1 atom stereocenters. The van der Waals surface area contributed by atoms with E-state index in [0.717, 1.165) is 9.13 Å². The summed E-state index contributed by atoms with van der Waals surface area (Å²) < 4.78 is 6.35. The first kappa shape index (κ1) is 18.2. The molecule has 0 N–H and O–H groups in total. The van der Waals surface area contributed by atoms with Gasteiger partial charge < -0.3 is 4.74 Å². The van der Waals surface area contributed by atoms with Crippen LogP contribution in [0, 0.1) is 3.57 Å². The third-order valence-corrected chi connectivity index (χ3v) is 5.62. The van der Waals surface area contributed by atoms with Crippen molar-refractivity contribution in [2.45, 2.75) is 19.4 Å². The number of aliphatic imine (C=N–C) groups is 1. The van der Waals surface area contributed by atoms with Gasteiger partial charge in [0.15, 0.2) is 5.17 Å². The Morgan fingerprint density at radius 3 is 2.88 bits per heavy atom. The van der Waals surface area contributed by atoms with Crippen molar-refractivity contribution in [3.63, 3.8) is 0 Å². The van der Waals surface area contributed by atoms with E-state index in [1.807, 2.05) is 24.3 Å². The van der Waals surface area contributed by atoms with Crippen molar-refractivity contribution in [3.8, 4) is 0 Å². The Balaban J connectivity index is 2.11. The average molecular weight is 468 g/mol. The van der Waals surface area contributed by atoms with Gasteiger partial charge in [-0.1, -0.05) is 36.5 Å². The number of esters is 1. The Morgan fingerprint density at radius 1 is 1.48 bits per heavy atom. The van der Waals surface area contributed by atoms with Crippen LogP contribution in [-0.2, 0) is 14.3 Å². The molecular formula is C18H17IN2O3S. The minimum atomic E-state index is -0.512. The quantitative estimate of drug-likeness (QED) is 0.385. The lowest BCUT2D eigenvalue weighted by Gasteiger charge is -2.38. The van der Waals surface area contributed by atoms with E-state index in [-0.39, 0.29) is 12.5 Å². The molecule has 25 heavy (non-hydrogen) atoms. The number of amides is 1. The van der Waals surface area contributed by atoms with E-state index in [1.54, 1.807) is 11.8 Å². The highest BCUT2D eigenvalue weighted by atomic mass is 127. The van der Waals surface area contributed by atoms with Crippen LogP contribution in [0.5, 0.6) is 0 Å². The van der Waals surface area contributed by atoms with Crippen molar-refractivity contribution in [2.75, 3.05) is 12.4 Å². The molecule has 1 amide bonds. The molecule has 2 heterocycles. The lowest BCUT2D eigenvalue weighted by molar-refractivity contribution is -0.139. The van der Waals surface area contributed by atoms with Gasteiger partial charge in [-0.05, 0) is 47.2 Å². The minimum Gasteiger partial charge on any atom is -0.458 e. The molecule has 0 saturated carbocycles. The number of allylic oxidation sites excluding steroid dienone is 1. The molecule has 0 aromatic heterocycles. The van der Waals surface area contributed by atoms with Gasteiger partial charge in [-0.3, -0.25) is 9.69 Å². The molecule has 0 radical (unpaired) electrons. The molecular weight excluding hydrogens is 451 g/mol. The van der Waals surface area contributed by atoms with Crippen LogP contribution in [0.15, 0.2) is 53.2 Å². The van der Waals surface area contributed by atoms with Crippen molar-refractivity contribution >= 4 is 51.4 Å². The lowest BCUT2D eigenvalue weighted by Crippen LogP contribution is -2.45. The van der Waals surface area contributed by atoms with E-state index >= 15 is 0 Å². The summed E-state index contributed by atoms with van der Waals surface area (Å²) in [6.45, 7) is 5.48. The largest absolute Gasteiger partial charge is 0.458 e. The first-order valence-corrected chi connectivity index (χ1v) is 9.87. The monoisotopic (exact) mass is 468 g/mol. The molecule has 0 spiro atoms. The second-order valence-electron chi connectivity index (χ2n) is 5.60. The van der Waals surface area contributed by atoms with Crippen LogP contribution in [0.25, 0.3) is 0 Å². The third-order valence-electron chi connectivity index (χ3n) is 3.94. The Labute approximate surface area is 164 Å². The molecule has 0 bridgehead atoms. The van der Waals surface area contributed by atoms with Crippen LogP contribution in [0.4, 0.5) is 0 Å². The fourth-order valence-electron chi connectivity index (χ4n) is 2.83. The van der Waals surface area contributed by atoms with E-state index in [4.69, 9.17) is 4.74 Å². The molecule has 130 valence electrons. The first-order chi connectivity index (χ1) is 12.0. The second kappa shape index (κ2) is 7.74. The van der Waals surface area contributed by atoms with Crippen LogP contribution >= 0.6 is 34.4 Å². The highest BCUT2D eigenvalue weighted by Crippen LogP contribution is 2.40. The standard InChI is InChI=1S/C18H17IN2O3S/c1-3-9-24-17(23)15-11(2)20-18-21(14(22)8-10-25-18)16(15)12-4-6-13(19)7-5-12/h3-7,16H,1,8-10H2,2H3. The molecule has 7 heteroatoms. The number of hydrogen-bond acceptors (Lipinski definition) is 5. The normalized spacial score (nSPS) is 20.1. The van der Waals surface area contributed by atoms with Gasteiger partial charge in [-0.25, -0.2) is 9.79 Å². The summed E-state index contributed by atoms with van der Waals surface area (Å²) >= 11 is 3.77. The maximum atomic E-state index is 12.7. The number of benzene rings is 1. The molecule has 0 aliphatic carbocycles. The average Bonchev–Trinajstić information content (AvgIpc) is 2.59. The van der Waals surface area contributed by atoms with Gasteiger partial charge in [0, 0.05) is 15.7 Å². The smallest absolute Gasteiger partial charge is 0.338 e. The summed E-state index contributed by atoms with van der Waals surface area (Å²) in [5.74, 6) is 0.214. The Hall–Kier alpha value is -1.61. The second-order valence-corrected chi connectivity index (χ2v) is 7.90. The zero-order valence-corrected chi connectivity index (χ0v) is 16.7. The fourth-order valence-corrected chi connectivity index (χ4v) is 4.20. The van der Waals surface area contributed by atoms with E-state index in [0.29, 0.717) is 28.6 Å². The molecule has 1 aromatic rings. The summed E-state index contributed by atoms with van der Waals surface area (Å²) in [5, 5.41) is 0.651. The summed E-state index contributed by atoms with van der Waals surface area (Å²) in [6.07, 6.45) is 1.95. The molecule has 1 aromatic carbocycles.